The van der Waals surface area contributed by atoms with Crippen LogP contribution >= 0.6 is 11.8 Å². The lowest BCUT2D eigenvalue weighted by Crippen LogP contribution is -2.49. The summed E-state index contributed by atoms with van der Waals surface area (Å²) in [6.45, 7) is 1.54. The standard InChI is InChI=1S/C11H17FN4O2S/c1-3-19-10-5-7(12)4-9(8(10)6-17)16(14)11(18)15(2)13/h4-5,17H,3,6,13-14H2,1-2H3. The number of carbonyl (C=O) groups excluding carboxylic acids is 1. The van der Waals surface area contributed by atoms with Crippen LogP contribution in [0.4, 0.5) is 14.9 Å². The number of benzene rings is 1. The van der Waals surface area contributed by atoms with Gasteiger partial charge in [0.25, 0.3) is 0 Å². The van der Waals surface area contributed by atoms with Crippen LogP contribution < -0.4 is 16.7 Å². The SMILES string of the molecule is CCSc1cc(F)cc(N(N)C(=O)N(C)N)c1CO. The maximum Gasteiger partial charge on any atom is 0.352 e. The second kappa shape index (κ2) is 6.71. The molecule has 19 heavy (non-hydrogen) atoms. The van der Waals surface area contributed by atoms with E-state index in [1.807, 2.05) is 6.92 Å². The molecule has 1 rings (SSSR count). The first-order valence-corrected chi connectivity index (χ1v) is 6.54. The van der Waals surface area contributed by atoms with E-state index < -0.39 is 11.8 Å². The third kappa shape index (κ3) is 3.57. The lowest BCUT2D eigenvalue weighted by atomic mass is 10.1. The first-order valence-electron chi connectivity index (χ1n) is 5.55. The Morgan fingerprint density at radius 1 is 1.47 bits per heavy atom. The minimum Gasteiger partial charge on any atom is -0.392 e. The predicted octanol–water partition coefficient (Wildman–Crippen LogP) is 1.04. The fourth-order valence-corrected chi connectivity index (χ4v) is 2.38. The number of amides is 2. The number of hydrogen-bond donors (Lipinski definition) is 3. The maximum atomic E-state index is 13.6. The van der Waals surface area contributed by atoms with Gasteiger partial charge in [-0.25, -0.2) is 25.9 Å². The zero-order valence-corrected chi connectivity index (χ0v) is 11.6. The van der Waals surface area contributed by atoms with E-state index in [1.54, 1.807) is 0 Å². The third-order valence-corrected chi connectivity index (χ3v) is 3.34. The van der Waals surface area contributed by atoms with Crippen molar-refractivity contribution in [3.63, 3.8) is 0 Å². The number of aliphatic hydroxyl groups excluding tert-OH is 1. The van der Waals surface area contributed by atoms with Gasteiger partial charge in [0.1, 0.15) is 5.82 Å². The van der Waals surface area contributed by atoms with Crippen molar-refractivity contribution in [2.45, 2.75) is 18.4 Å². The molecule has 1 aromatic rings. The predicted molar refractivity (Wildman–Crippen MR) is 72.7 cm³/mol. The number of rotatable bonds is 4. The monoisotopic (exact) mass is 288 g/mol. The van der Waals surface area contributed by atoms with Crippen LogP contribution in [-0.2, 0) is 6.61 Å². The normalized spacial score (nSPS) is 10.4. The Bertz CT molecular complexity index is 470. The first-order chi connectivity index (χ1) is 8.92. The Hall–Kier alpha value is -1.35. The van der Waals surface area contributed by atoms with Crippen LogP contribution in [0.15, 0.2) is 17.0 Å². The molecule has 0 aromatic heterocycles. The van der Waals surface area contributed by atoms with E-state index in [2.05, 4.69) is 0 Å². The highest BCUT2D eigenvalue weighted by molar-refractivity contribution is 7.99. The summed E-state index contributed by atoms with van der Waals surface area (Å²) in [5.74, 6) is 11.1. The Morgan fingerprint density at radius 2 is 2.11 bits per heavy atom. The largest absolute Gasteiger partial charge is 0.392 e. The average molecular weight is 288 g/mol. The minimum atomic E-state index is -0.715. The molecule has 8 heteroatoms. The van der Waals surface area contributed by atoms with Crippen LogP contribution in [0.25, 0.3) is 0 Å². The Balaban J connectivity index is 3.29. The average Bonchev–Trinajstić information content (AvgIpc) is 2.36. The lowest BCUT2D eigenvalue weighted by Gasteiger charge is -2.24. The number of thioether (sulfide) groups is 1. The van der Waals surface area contributed by atoms with Crippen molar-refractivity contribution in [3.8, 4) is 0 Å². The summed E-state index contributed by atoms with van der Waals surface area (Å²) in [7, 11) is 1.32. The Morgan fingerprint density at radius 3 is 2.58 bits per heavy atom. The molecule has 0 spiro atoms. The fourth-order valence-electron chi connectivity index (χ4n) is 1.53. The number of urea groups is 1. The van der Waals surface area contributed by atoms with Gasteiger partial charge in [-0.2, -0.15) is 0 Å². The molecule has 6 nitrogen and oxygen atoms in total. The van der Waals surface area contributed by atoms with Crippen molar-refractivity contribution >= 4 is 23.5 Å². The molecule has 1 aromatic carbocycles. The van der Waals surface area contributed by atoms with Crippen molar-refractivity contribution in [1.29, 1.82) is 0 Å². The number of hydrazine groups is 2. The Kier molecular flexibility index (Phi) is 5.55. The van der Waals surface area contributed by atoms with E-state index in [1.165, 1.54) is 24.9 Å². The highest BCUT2D eigenvalue weighted by Crippen LogP contribution is 2.31. The highest BCUT2D eigenvalue weighted by Gasteiger charge is 2.20. The topological polar surface area (TPSA) is 95.8 Å². The van der Waals surface area contributed by atoms with Gasteiger partial charge >= 0.3 is 6.03 Å². The quantitative estimate of drug-likeness (QED) is 0.333. The van der Waals surface area contributed by atoms with Crippen molar-refractivity contribution in [3.05, 3.63) is 23.5 Å². The molecule has 106 valence electrons. The molecule has 0 heterocycles. The maximum absolute atomic E-state index is 13.6. The first kappa shape index (κ1) is 15.7. The van der Waals surface area contributed by atoms with Crippen LogP contribution in [0.1, 0.15) is 12.5 Å². The van der Waals surface area contributed by atoms with Crippen LogP contribution in [0.2, 0.25) is 0 Å². The second-order valence-corrected chi connectivity index (χ2v) is 5.06. The van der Waals surface area contributed by atoms with Crippen LogP contribution in [0, 0.1) is 5.82 Å². The summed E-state index contributed by atoms with van der Waals surface area (Å²) in [5, 5.41) is 10.9. The number of anilines is 1. The number of aliphatic hydroxyl groups is 1. The van der Waals surface area contributed by atoms with Crippen LogP contribution in [-0.4, -0.2) is 28.9 Å². The van der Waals surface area contributed by atoms with Crippen LogP contribution in [0.3, 0.4) is 0 Å². The van der Waals surface area contributed by atoms with Crippen molar-refractivity contribution in [2.75, 3.05) is 17.8 Å². The molecule has 0 fully saturated rings. The summed E-state index contributed by atoms with van der Waals surface area (Å²) in [6, 6.07) is 1.67. The van der Waals surface area contributed by atoms with Gasteiger partial charge in [0.05, 0.1) is 12.3 Å². The lowest BCUT2D eigenvalue weighted by molar-refractivity contribution is 0.216. The fraction of sp³-hybridized carbons (Fsp3) is 0.364. The molecule has 0 atom stereocenters. The van der Waals surface area contributed by atoms with Gasteiger partial charge < -0.3 is 5.11 Å². The van der Waals surface area contributed by atoms with Gasteiger partial charge in [0, 0.05) is 17.5 Å². The molecule has 0 saturated heterocycles. The molecule has 0 aliphatic carbocycles. The molecule has 0 aliphatic heterocycles. The Labute approximate surface area is 115 Å². The minimum absolute atomic E-state index is 0.0979. The van der Waals surface area contributed by atoms with E-state index in [4.69, 9.17) is 11.7 Å². The van der Waals surface area contributed by atoms with Gasteiger partial charge in [-0.15, -0.1) is 11.8 Å². The molecular weight excluding hydrogens is 271 g/mol. The summed E-state index contributed by atoms with van der Waals surface area (Å²) in [5.41, 5.74) is 0.492. The highest BCUT2D eigenvalue weighted by atomic mass is 32.2. The molecule has 0 saturated carbocycles. The van der Waals surface area contributed by atoms with Gasteiger partial charge in [0.2, 0.25) is 0 Å². The van der Waals surface area contributed by atoms with Crippen molar-refractivity contribution in [1.82, 2.24) is 5.01 Å². The van der Waals surface area contributed by atoms with Crippen molar-refractivity contribution in [2.24, 2.45) is 11.7 Å². The summed E-state index contributed by atoms with van der Waals surface area (Å²) in [6.07, 6.45) is 0. The summed E-state index contributed by atoms with van der Waals surface area (Å²) < 4.78 is 13.6. The number of hydrogen-bond acceptors (Lipinski definition) is 5. The molecule has 0 aliphatic rings. The zero-order chi connectivity index (χ0) is 14.6. The van der Waals surface area contributed by atoms with E-state index in [0.29, 0.717) is 21.2 Å². The molecular formula is C11H17FN4O2S. The number of carbonyl (C=O) groups is 1. The van der Waals surface area contributed by atoms with Gasteiger partial charge in [-0.1, -0.05) is 6.92 Å². The van der Waals surface area contributed by atoms with Gasteiger partial charge in [0.15, 0.2) is 0 Å². The van der Waals surface area contributed by atoms with Gasteiger partial charge in [-0.3, -0.25) is 5.01 Å². The van der Waals surface area contributed by atoms with Crippen molar-refractivity contribution < 1.29 is 14.3 Å². The van der Waals surface area contributed by atoms with E-state index in [-0.39, 0.29) is 12.3 Å². The molecule has 0 unspecified atom stereocenters. The molecule has 0 bridgehead atoms. The molecule has 2 amide bonds. The van der Waals surface area contributed by atoms with E-state index in [9.17, 15) is 14.3 Å². The number of halogens is 1. The summed E-state index contributed by atoms with van der Waals surface area (Å²) in [4.78, 5) is 12.2. The smallest absolute Gasteiger partial charge is 0.352 e. The van der Waals surface area contributed by atoms with Crippen LogP contribution in [0.5, 0.6) is 0 Å². The number of nitrogens with two attached hydrogens (primary N) is 2. The third-order valence-electron chi connectivity index (χ3n) is 2.38. The summed E-state index contributed by atoms with van der Waals surface area (Å²) >= 11 is 1.35. The van der Waals surface area contributed by atoms with Gasteiger partial charge in [-0.05, 0) is 17.9 Å². The second-order valence-electron chi connectivity index (χ2n) is 3.76. The number of nitrogens with zero attached hydrogens (tertiary/aromatic N) is 2. The molecule has 0 radical (unpaired) electrons. The molecule has 5 N–H and O–H groups in total. The van der Waals surface area contributed by atoms with E-state index in [0.717, 1.165) is 11.1 Å². The van der Waals surface area contributed by atoms with E-state index >= 15 is 0 Å². The zero-order valence-electron chi connectivity index (χ0n) is 10.8.